The van der Waals surface area contributed by atoms with Gasteiger partial charge in [0.2, 0.25) is 0 Å². The third-order valence-corrected chi connectivity index (χ3v) is 4.00. The monoisotopic (exact) mass is 387 g/mol. The van der Waals surface area contributed by atoms with Gasteiger partial charge in [0.1, 0.15) is 18.1 Å². The van der Waals surface area contributed by atoms with E-state index in [2.05, 4.69) is 10.3 Å². The highest BCUT2D eigenvalue weighted by Gasteiger charge is 2.29. The van der Waals surface area contributed by atoms with Crippen molar-refractivity contribution in [2.45, 2.75) is 26.8 Å². The molecule has 1 aromatic carbocycles. The predicted octanol–water partition coefficient (Wildman–Crippen LogP) is 3.12. The number of carbonyl (C=O) groups excluding carboxylic acids is 2. The molecule has 0 aliphatic heterocycles. The molecule has 0 fully saturated rings. The van der Waals surface area contributed by atoms with E-state index in [0.29, 0.717) is 11.5 Å². The highest BCUT2D eigenvalue weighted by atomic mass is 16.5. The number of nitrogens with one attached hydrogen (secondary N) is 1. The van der Waals surface area contributed by atoms with Crippen molar-refractivity contribution in [2.24, 2.45) is 11.1 Å². The topological polar surface area (TPSA) is 113 Å². The first-order valence-corrected chi connectivity index (χ1v) is 8.70. The summed E-state index contributed by atoms with van der Waals surface area (Å²) in [5, 5.41) is 2.84. The summed E-state index contributed by atoms with van der Waals surface area (Å²) in [6, 6.07) is 9.86. The van der Waals surface area contributed by atoms with Gasteiger partial charge in [-0.05, 0) is 29.7 Å². The van der Waals surface area contributed by atoms with Gasteiger partial charge in [-0.2, -0.15) is 0 Å². The first-order valence-electron chi connectivity index (χ1n) is 8.70. The summed E-state index contributed by atoms with van der Waals surface area (Å²) in [4.78, 5) is 27.9. The Bertz CT molecular complexity index is 833. The van der Waals surface area contributed by atoms with Gasteiger partial charge in [0.15, 0.2) is 11.4 Å². The lowest BCUT2D eigenvalue weighted by Crippen LogP contribution is -2.47. The molecule has 0 aliphatic rings. The Kier molecular flexibility index (Phi) is 6.81. The summed E-state index contributed by atoms with van der Waals surface area (Å²) < 4.78 is 15.9. The molecule has 2 amide bonds. The Morgan fingerprint density at radius 3 is 2.54 bits per heavy atom. The van der Waals surface area contributed by atoms with Crippen molar-refractivity contribution in [3.8, 4) is 17.2 Å². The molecule has 3 N–H and O–H groups in total. The molecule has 1 aromatic heterocycles. The number of rotatable bonds is 7. The van der Waals surface area contributed by atoms with Gasteiger partial charge in [-0.3, -0.25) is 4.79 Å². The van der Waals surface area contributed by atoms with Gasteiger partial charge >= 0.3 is 6.09 Å². The largest absolute Gasteiger partial charge is 0.497 e. The maximum absolute atomic E-state index is 12.8. The first kappa shape index (κ1) is 21.0. The van der Waals surface area contributed by atoms with Gasteiger partial charge in [-0.1, -0.05) is 26.8 Å². The van der Waals surface area contributed by atoms with E-state index in [1.165, 1.54) is 6.20 Å². The van der Waals surface area contributed by atoms with Gasteiger partial charge < -0.3 is 25.3 Å². The molecule has 8 heteroatoms. The second kappa shape index (κ2) is 9.07. The normalized spacial score (nSPS) is 12.0. The summed E-state index contributed by atoms with van der Waals surface area (Å²) in [5.74, 6) is 0.970. The van der Waals surface area contributed by atoms with Crippen LogP contribution in [0.25, 0.3) is 0 Å². The zero-order valence-electron chi connectivity index (χ0n) is 16.4. The fourth-order valence-electron chi connectivity index (χ4n) is 2.34. The van der Waals surface area contributed by atoms with Crippen molar-refractivity contribution < 1.29 is 23.8 Å². The van der Waals surface area contributed by atoms with Gasteiger partial charge in [0.05, 0.1) is 13.2 Å². The minimum atomic E-state index is -0.900. The second-order valence-corrected chi connectivity index (χ2v) is 7.15. The quantitative estimate of drug-likeness (QED) is 0.755. The van der Waals surface area contributed by atoms with E-state index >= 15 is 0 Å². The summed E-state index contributed by atoms with van der Waals surface area (Å²) in [6.45, 7) is 5.68. The highest BCUT2D eigenvalue weighted by molar-refractivity contribution is 5.95. The van der Waals surface area contributed by atoms with E-state index in [9.17, 15) is 9.59 Å². The minimum Gasteiger partial charge on any atom is -0.497 e. The molecule has 0 radical (unpaired) electrons. The number of amides is 2. The number of hydrogen-bond acceptors (Lipinski definition) is 6. The fraction of sp³-hybridized carbons (Fsp3) is 0.350. The van der Waals surface area contributed by atoms with Crippen LogP contribution in [0.3, 0.4) is 0 Å². The zero-order chi connectivity index (χ0) is 20.7. The average Bonchev–Trinajstić information content (AvgIpc) is 2.64. The minimum absolute atomic E-state index is 0.0521. The number of ether oxygens (including phenoxy) is 3. The van der Waals surface area contributed by atoms with Crippen molar-refractivity contribution in [2.75, 3.05) is 13.7 Å². The number of hydrogen-bond donors (Lipinski definition) is 2. The third-order valence-electron chi connectivity index (χ3n) is 4.00. The van der Waals surface area contributed by atoms with Crippen LogP contribution in [0, 0.1) is 5.41 Å². The number of nitrogens with zero attached hydrogens (tertiary/aromatic N) is 1. The van der Waals surface area contributed by atoms with E-state index in [1.54, 1.807) is 43.5 Å². The van der Waals surface area contributed by atoms with E-state index < -0.39 is 18.0 Å². The van der Waals surface area contributed by atoms with Crippen LogP contribution >= 0.6 is 0 Å². The van der Waals surface area contributed by atoms with Crippen molar-refractivity contribution in [1.82, 2.24) is 10.3 Å². The second-order valence-electron chi connectivity index (χ2n) is 7.15. The average molecular weight is 387 g/mol. The van der Waals surface area contributed by atoms with Crippen LogP contribution in [0.1, 0.15) is 31.3 Å². The van der Waals surface area contributed by atoms with Crippen molar-refractivity contribution in [1.29, 1.82) is 0 Å². The number of benzene rings is 1. The van der Waals surface area contributed by atoms with E-state index in [4.69, 9.17) is 19.9 Å². The number of primary amides is 1. The molecule has 28 heavy (non-hydrogen) atoms. The highest BCUT2D eigenvalue weighted by Crippen LogP contribution is 2.27. The molecule has 0 saturated carbocycles. The molecule has 1 heterocycles. The molecule has 8 nitrogen and oxygen atoms in total. The molecule has 0 bridgehead atoms. The number of aromatic nitrogens is 1. The SMILES string of the molecule is COc1cccc(Oc2cccnc2C(=O)NC(COC(N)=O)C(C)(C)C)c1. The van der Waals surface area contributed by atoms with Gasteiger partial charge in [-0.15, -0.1) is 0 Å². The Labute approximate surface area is 164 Å². The number of pyridine rings is 1. The van der Waals surface area contributed by atoms with E-state index in [1.807, 2.05) is 20.8 Å². The summed E-state index contributed by atoms with van der Waals surface area (Å²) in [5.41, 5.74) is 4.77. The van der Waals surface area contributed by atoms with E-state index in [0.717, 1.165) is 0 Å². The number of methoxy groups -OCH3 is 1. The van der Waals surface area contributed by atoms with Crippen LogP contribution in [0.2, 0.25) is 0 Å². The first-order chi connectivity index (χ1) is 13.2. The lowest BCUT2D eigenvalue weighted by Gasteiger charge is -2.30. The lowest BCUT2D eigenvalue weighted by atomic mass is 9.87. The molecule has 2 rings (SSSR count). The van der Waals surface area contributed by atoms with Crippen LogP contribution in [0.4, 0.5) is 4.79 Å². The van der Waals surface area contributed by atoms with Crippen LogP contribution in [-0.2, 0) is 4.74 Å². The van der Waals surface area contributed by atoms with E-state index in [-0.39, 0.29) is 23.5 Å². The smallest absolute Gasteiger partial charge is 0.404 e. The Morgan fingerprint density at radius 1 is 1.18 bits per heavy atom. The molecule has 1 atom stereocenters. The third kappa shape index (κ3) is 5.87. The van der Waals surface area contributed by atoms with Gasteiger partial charge in [0.25, 0.3) is 5.91 Å². The molecule has 1 unspecified atom stereocenters. The number of nitrogens with two attached hydrogens (primary N) is 1. The maximum atomic E-state index is 12.8. The fourth-order valence-corrected chi connectivity index (χ4v) is 2.34. The van der Waals surface area contributed by atoms with Crippen LogP contribution < -0.4 is 20.5 Å². The standard InChI is InChI=1S/C20H25N3O5/c1-20(2,3)16(12-27-19(21)25)23-18(24)17-15(9-6-10-22-17)28-14-8-5-7-13(11-14)26-4/h5-11,16H,12H2,1-4H3,(H2,21,25)(H,23,24). The Hall–Kier alpha value is -3.29. The molecular formula is C20H25N3O5. The van der Waals surface area contributed by atoms with Crippen LogP contribution in [0.15, 0.2) is 42.6 Å². The molecular weight excluding hydrogens is 362 g/mol. The lowest BCUT2D eigenvalue weighted by molar-refractivity contribution is 0.0797. The Morgan fingerprint density at radius 2 is 1.89 bits per heavy atom. The van der Waals surface area contributed by atoms with Gasteiger partial charge in [-0.25, -0.2) is 9.78 Å². The van der Waals surface area contributed by atoms with Crippen molar-refractivity contribution in [3.63, 3.8) is 0 Å². The Balaban J connectivity index is 2.21. The summed E-state index contributed by atoms with van der Waals surface area (Å²) in [6.07, 6.45) is 0.600. The zero-order valence-corrected chi connectivity index (χ0v) is 16.4. The summed E-state index contributed by atoms with van der Waals surface area (Å²) in [7, 11) is 1.56. The van der Waals surface area contributed by atoms with Crippen LogP contribution in [-0.4, -0.2) is 36.7 Å². The molecule has 0 spiro atoms. The molecule has 2 aromatic rings. The van der Waals surface area contributed by atoms with Crippen molar-refractivity contribution >= 4 is 12.0 Å². The molecule has 0 aliphatic carbocycles. The van der Waals surface area contributed by atoms with Gasteiger partial charge in [0, 0.05) is 12.3 Å². The molecule has 150 valence electrons. The van der Waals surface area contributed by atoms with Crippen molar-refractivity contribution in [3.05, 3.63) is 48.3 Å². The van der Waals surface area contributed by atoms with Crippen LogP contribution in [0.5, 0.6) is 17.2 Å². The number of carbonyl (C=O) groups is 2. The molecule has 0 saturated heterocycles. The maximum Gasteiger partial charge on any atom is 0.404 e. The predicted molar refractivity (Wildman–Crippen MR) is 104 cm³/mol. The summed E-state index contributed by atoms with van der Waals surface area (Å²) >= 11 is 0.